The molecule has 15 amide bonds. The Morgan fingerprint density at radius 2 is 0.906 bits per heavy atom. The fourth-order valence-electron chi connectivity index (χ4n) is 15.1. The van der Waals surface area contributed by atoms with Crippen molar-refractivity contribution in [3.8, 4) is 22.3 Å². The number of nitrogens with zero attached hydrogens (tertiary/aromatic N) is 3. The van der Waals surface area contributed by atoms with Gasteiger partial charge < -0.3 is 112 Å². The van der Waals surface area contributed by atoms with E-state index in [0.29, 0.717) is 17.5 Å². The quantitative estimate of drug-likeness (QED) is 0.0192. The molecule has 0 bridgehead atoms. The molecule has 0 spiro atoms. The van der Waals surface area contributed by atoms with Crippen LogP contribution < -0.4 is 92.1 Å². The van der Waals surface area contributed by atoms with Gasteiger partial charge in [0.05, 0.1) is 25.3 Å². The number of rotatable bonds is 27. The van der Waals surface area contributed by atoms with E-state index in [9.17, 15) is 67.4 Å². The van der Waals surface area contributed by atoms with Crippen LogP contribution >= 0.6 is 11.8 Å². The number of carboxylic acid groups (broad SMARTS) is 1. The number of likely N-dealkylation sites (N-methyl/N-ethyl adjacent to an activating group) is 1. The molecule has 39 nitrogen and oxygen atoms in total. The first kappa shape index (κ1) is 102. The molecule has 4 aromatic rings. The van der Waals surface area contributed by atoms with E-state index >= 15 is 14.4 Å². The number of aliphatic carboxylic acids is 1. The second kappa shape index (κ2) is 51.2. The molecule has 696 valence electrons. The van der Waals surface area contributed by atoms with Crippen LogP contribution in [0.1, 0.15) is 136 Å². The Balaban J connectivity index is 1.29. The third-order valence-corrected chi connectivity index (χ3v) is 23.0. The highest BCUT2D eigenvalue weighted by Gasteiger charge is 2.44. The maximum absolute atomic E-state index is 15.5. The lowest BCUT2D eigenvalue weighted by Crippen LogP contribution is -2.61. The Bertz CT molecular complexity index is 4530. The van der Waals surface area contributed by atoms with E-state index in [2.05, 4.69) is 69.1 Å². The SMILES string of the molecule is CC(C)C[C@@H]1NC(=O)[C@H](CCCNC(=N)N)NC(=O)[C@H](C(C)C)NC(=O)[C@@H]2CCCN2C(=O)[C@H](C(C)C)NC(=O)[C@H](CCCNC(=N)N)NC(=O)[C@H](CC(=O)O)NC(=O)[C@@H]2CCCN2C(=O)CN(C)C(=O)[C@H](Cc2ccc(-c3ccccc3)cc2)NC(=O)[C@H](Cc2ccc(-c3ccccc3)cc2)NC(=O)[C@H](CCCCN)NC(=O)CSC[C@@H](C(=O)NCC(N)=O)NC1=O. The summed E-state index contributed by atoms with van der Waals surface area (Å²) in [5, 5.41) is 60.4. The number of thioether (sulfide) groups is 1. The number of primary amides is 1. The number of fused-ring (bicyclic) bond motifs is 2. The molecule has 128 heavy (non-hydrogen) atoms. The molecule has 0 radical (unpaired) electrons. The van der Waals surface area contributed by atoms with Crippen LogP contribution in [-0.4, -0.2) is 263 Å². The largest absolute Gasteiger partial charge is 0.481 e. The van der Waals surface area contributed by atoms with Crippen LogP contribution in [0.5, 0.6) is 0 Å². The molecule has 3 aliphatic heterocycles. The number of carboxylic acids is 1. The summed E-state index contributed by atoms with van der Waals surface area (Å²) in [5.74, 6) is -18.2. The molecule has 3 heterocycles. The third-order valence-electron chi connectivity index (χ3n) is 22.0. The zero-order chi connectivity index (χ0) is 93.8. The van der Waals surface area contributed by atoms with Crippen LogP contribution in [0.4, 0.5) is 0 Å². The van der Waals surface area contributed by atoms with Gasteiger partial charge in [-0.1, -0.05) is 151 Å². The van der Waals surface area contributed by atoms with Crippen molar-refractivity contribution < 1.29 is 81.8 Å². The molecule has 0 saturated carbocycles. The van der Waals surface area contributed by atoms with E-state index in [0.717, 1.165) is 38.9 Å². The molecule has 0 aliphatic carbocycles. The Hall–Kier alpha value is -12.8. The lowest BCUT2D eigenvalue weighted by atomic mass is 9.98. The topological polar surface area (TPSA) is 611 Å². The number of carbonyl (C=O) groups excluding carboxylic acids is 15. The summed E-state index contributed by atoms with van der Waals surface area (Å²) in [5.41, 5.74) is 27.0. The van der Waals surface area contributed by atoms with Crippen molar-refractivity contribution >= 4 is 118 Å². The Morgan fingerprint density at radius 3 is 1.42 bits per heavy atom. The molecule has 0 aromatic heterocycles. The number of amides is 15. The van der Waals surface area contributed by atoms with Crippen molar-refractivity contribution in [3.63, 3.8) is 0 Å². The average molecular weight is 1800 g/mol. The van der Waals surface area contributed by atoms with E-state index < -0.39 is 216 Å². The molecule has 12 atom stereocenters. The van der Waals surface area contributed by atoms with Crippen molar-refractivity contribution in [1.29, 1.82) is 10.8 Å². The minimum atomic E-state index is -1.91. The first-order chi connectivity index (χ1) is 60.9. The summed E-state index contributed by atoms with van der Waals surface area (Å²) < 4.78 is 0. The molecule has 4 aromatic carbocycles. The van der Waals surface area contributed by atoms with E-state index in [1.165, 1.54) is 16.8 Å². The number of carbonyl (C=O) groups is 16. The predicted octanol–water partition coefficient (Wildman–Crippen LogP) is -1.07. The van der Waals surface area contributed by atoms with Gasteiger partial charge >= 0.3 is 5.97 Å². The fraction of sp³-hybridized carbons (Fsp3) is 0.523. The van der Waals surface area contributed by atoms with Crippen LogP contribution in [0.15, 0.2) is 109 Å². The standard InChI is InChI=1S/C88H126N22O17S/c1-50(2)42-62-79(120)105-66(75(116)97-46-69(90)111)48-128-49-70(112)98-59(24-14-15-37-89)76(117)102-63(43-53-29-33-57(34-30-53)55-20-10-8-11-21-55)80(121)104-65(44-54-31-35-58(36-32-54)56-22-12-9-13-23-56)85(126)108(7)47-71(113)109-40-18-27-67(109)82(123)103-64(45-72(114)115)81(122)99-61(26-17-39-96-88(93)94)78(119)107-74(52(5)6)86(127)110-41-19-28-68(110)83(124)106-73(51(3)4)84(125)100-60(77(118)101-62)25-16-38-95-87(91)92/h8-13,20-23,29-36,50-52,59-68,73-74H,14-19,24-28,37-49,89H2,1-7H3,(H2,90,111)(H,97,116)(H,98,112)(H,99,122)(H,100,125)(H,101,118)(H,102,117)(H,103,123)(H,104,121)(H,105,120)(H,106,124)(H,107,119)(H,114,115)(H4,91,92,95)(H4,93,94,96)/t59-,60-,61-,62-,63-,64-,65-,66-,67-,68-,73-,74-/m0/s1. The van der Waals surface area contributed by atoms with Crippen molar-refractivity contribution in [1.82, 2.24) is 83.8 Å². The van der Waals surface area contributed by atoms with E-state index in [1.54, 1.807) is 65.8 Å². The van der Waals surface area contributed by atoms with E-state index in [-0.39, 0.29) is 128 Å². The van der Waals surface area contributed by atoms with Gasteiger partial charge in [-0.2, -0.15) is 0 Å². The van der Waals surface area contributed by atoms with Gasteiger partial charge in [-0.25, -0.2) is 0 Å². The molecule has 3 fully saturated rings. The number of nitrogens with one attached hydrogen (secondary N) is 15. The zero-order valence-electron chi connectivity index (χ0n) is 73.6. The molecule has 3 saturated heterocycles. The van der Waals surface area contributed by atoms with Gasteiger partial charge in [0, 0.05) is 51.8 Å². The Kier molecular flexibility index (Phi) is 40.9. The van der Waals surface area contributed by atoms with Crippen molar-refractivity contribution in [2.45, 2.75) is 210 Å². The molecule has 3 aliphatic rings. The molecule has 40 heteroatoms. The van der Waals surface area contributed by atoms with Crippen molar-refractivity contribution in [3.05, 3.63) is 120 Å². The van der Waals surface area contributed by atoms with Crippen LogP contribution in [0.25, 0.3) is 22.3 Å². The third kappa shape index (κ3) is 32.6. The first-order valence-corrected chi connectivity index (χ1v) is 44.4. The molecule has 7 rings (SSSR count). The van der Waals surface area contributed by atoms with Crippen LogP contribution in [0, 0.1) is 28.6 Å². The summed E-state index contributed by atoms with van der Waals surface area (Å²) in [6, 6.07) is 15.5. The van der Waals surface area contributed by atoms with E-state index in [4.69, 9.17) is 33.8 Å². The second-order valence-corrected chi connectivity index (χ2v) is 34.4. The summed E-state index contributed by atoms with van der Waals surface area (Å²) in [6.07, 6.45) is -0.517. The van der Waals surface area contributed by atoms with Crippen molar-refractivity contribution in [2.75, 3.05) is 64.4 Å². The maximum atomic E-state index is 15.5. The van der Waals surface area contributed by atoms with Gasteiger partial charge in [-0.15, -0.1) is 11.8 Å². The van der Waals surface area contributed by atoms with Gasteiger partial charge in [0.2, 0.25) is 88.6 Å². The normalized spacial score (nSPS) is 23.2. The average Bonchev–Trinajstić information content (AvgIpc) is 1.61. The zero-order valence-corrected chi connectivity index (χ0v) is 74.4. The minimum Gasteiger partial charge on any atom is -0.481 e. The first-order valence-electron chi connectivity index (χ1n) is 43.3. The highest BCUT2D eigenvalue weighted by atomic mass is 32.2. The highest BCUT2D eigenvalue weighted by Crippen LogP contribution is 2.26. The van der Waals surface area contributed by atoms with Crippen LogP contribution in [-0.2, 0) is 89.6 Å². The fourth-order valence-corrected chi connectivity index (χ4v) is 16.0. The summed E-state index contributed by atoms with van der Waals surface area (Å²) >= 11 is 0.830. The number of hydrogen-bond acceptors (Lipinski definition) is 20. The predicted molar refractivity (Wildman–Crippen MR) is 480 cm³/mol. The molecular weight excluding hydrogens is 1670 g/mol. The maximum Gasteiger partial charge on any atom is 0.305 e. The smallest absolute Gasteiger partial charge is 0.305 e. The number of benzene rings is 4. The van der Waals surface area contributed by atoms with Gasteiger partial charge in [0.25, 0.3) is 0 Å². The highest BCUT2D eigenvalue weighted by molar-refractivity contribution is 8.00. The Morgan fingerprint density at radius 1 is 0.477 bits per heavy atom. The number of hydrogen-bond donors (Lipinski definition) is 20. The van der Waals surface area contributed by atoms with Crippen LogP contribution in [0.2, 0.25) is 0 Å². The molecule has 24 N–H and O–H groups in total. The Labute approximate surface area is 749 Å². The van der Waals surface area contributed by atoms with E-state index in [1.807, 2.05) is 84.9 Å². The molecular formula is C88H126N22O17S. The number of guanidine groups is 2. The van der Waals surface area contributed by atoms with Crippen LogP contribution in [0.3, 0.4) is 0 Å². The second-order valence-electron chi connectivity index (χ2n) is 33.3. The summed E-state index contributed by atoms with van der Waals surface area (Å²) in [6.45, 7) is 8.71. The lowest BCUT2D eigenvalue weighted by molar-refractivity contribution is -0.145. The van der Waals surface area contributed by atoms with Gasteiger partial charge in [-0.3, -0.25) is 87.5 Å². The molecule has 0 unspecified atom stereocenters. The lowest BCUT2D eigenvalue weighted by Gasteiger charge is -2.33. The summed E-state index contributed by atoms with van der Waals surface area (Å²) in [4.78, 5) is 235. The minimum absolute atomic E-state index is 0.00368. The number of nitrogens with two attached hydrogens (primary N) is 4. The van der Waals surface area contributed by atoms with Gasteiger partial charge in [0.1, 0.15) is 72.5 Å². The van der Waals surface area contributed by atoms with Gasteiger partial charge in [0.15, 0.2) is 11.9 Å². The summed E-state index contributed by atoms with van der Waals surface area (Å²) in [7, 11) is 1.31. The van der Waals surface area contributed by atoms with Crippen molar-refractivity contribution in [2.24, 2.45) is 40.7 Å². The van der Waals surface area contributed by atoms with Gasteiger partial charge in [-0.05, 0) is 135 Å². The monoisotopic (exact) mass is 1790 g/mol. The number of unbranched alkanes of at least 4 members (excludes halogenated alkanes) is 1.